The molecule has 0 aromatic rings. The van der Waals surface area contributed by atoms with Crippen LogP contribution in [0.5, 0.6) is 0 Å². The second kappa shape index (κ2) is 2.27. The molecule has 7 saturated carbocycles. The van der Waals surface area contributed by atoms with Crippen molar-refractivity contribution in [2.75, 3.05) is 0 Å². The molecule has 7 aliphatic rings. The number of aliphatic hydroxyl groups is 1. The molecular weight excluding hydrogens is 200 g/mol. The van der Waals surface area contributed by atoms with Gasteiger partial charge in [0.2, 0.25) is 0 Å². The molecule has 0 heterocycles. The van der Waals surface area contributed by atoms with Gasteiger partial charge in [-0.25, -0.2) is 0 Å². The molecule has 86 valence electrons. The number of carbonyl (C=O) groups excluding carboxylic acids is 1. The zero-order valence-electron chi connectivity index (χ0n) is 9.43. The van der Waals surface area contributed by atoms with Crippen molar-refractivity contribution in [2.45, 2.75) is 37.7 Å². The zero-order chi connectivity index (χ0) is 10.7. The molecule has 2 nitrogen and oxygen atoms in total. The molecule has 0 radical (unpaired) electrons. The molecule has 1 N–H and O–H groups in total. The topological polar surface area (TPSA) is 37.3 Å². The van der Waals surface area contributed by atoms with Crippen molar-refractivity contribution in [3.8, 4) is 0 Å². The Hall–Kier alpha value is -0.370. The van der Waals surface area contributed by atoms with Crippen LogP contribution in [-0.2, 0) is 4.79 Å². The number of hydrogen-bond acceptors (Lipinski definition) is 2. The Bertz CT molecular complexity index is 378. The van der Waals surface area contributed by atoms with E-state index in [-0.39, 0.29) is 5.60 Å². The quantitative estimate of drug-likeness (QED) is 0.671. The molecule has 0 amide bonds. The van der Waals surface area contributed by atoms with Crippen LogP contribution in [0.3, 0.4) is 0 Å². The predicted molar refractivity (Wildman–Crippen MR) is 57.5 cm³/mol. The maximum Gasteiger partial charge on any atom is 0.139 e. The molecule has 0 aliphatic heterocycles. The first-order valence-corrected chi connectivity index (χ1v) is 6.92. The summed E-state index contributed by atoms with van der Waals surface area (Å²) in [7, 11) is 0. The van der Waals surface area contributed by atoms with E-state index in [4.69, 9.17) is 0 Å². The number of carbonyl (C=O) groups is 1. The summed E-state index contributed by atoms with van der Waals surface area (Å²) in [5.74, 6) is 4.93. The molecule has 7 fully saturated rings. The Morgan fingerprint density at radius 1 is 0.938 bits per heavy atom. The fourth-order valence-corrected chi connectivity index (χ4v) is 6.61. The van der Waals surface area contributed by atoms with Crippen molar-refractivity contribution >= 4 is 5.78 Å². The summed E-state index contributed by atoms with van der Waals surface area (Å²) in [4.78, 5) is 12.3. The highest BCUT2D eigenvalue weighted by atomic mass is 16.3. The van der Waals surface area contributed by atoms with Gasteiger partial charge in [-0.2, -0.15) is 0 Å². The summed E-state index contributed by atoms with van der Waals surface area (Å²) in [5, 5.41) is 10.6. The van der Waals surface area contributed by atoms with E-state index in [0.717, 1.165) is 37.0 Å². The third-order valence-electron chi connectivity index (χ3n) is 6.81. The van der Waals surface area contributed by atoms with Gasteiger partial charge in [0.25, 0.3) is 0 Å². The Balaban J connectivity index is 1.71. The highest BCUT2D eigenvalue weighted by molar-refractivity contribution is 5.86. The molecule has 4 unspecified atom stereocenters. The number of Topliss-reactive ketones (excluding diaryl/α,β-unsaturated/α-hetero) is 1. The number of hydrogen-bond donors (Lipinski definition) is 1. The molecule has 8 bridgehead atoms. The van der Waals surface area contributed by atoms with Gasteiger partial charge in [-0.05, 0) is 61.7 Å². The third-order valence-corrected chi connectivity index (χ3v) is 6.81. The van der Waals surface area contributed by atoms with Gasteiger partial charge < -0.3 is 5.11 Å². The summed E-state index contributed by atoms with van der Waals surface area (Å²) in [6.07, 6.45) is 5.29. The average molecular weight is 218 g/mol. The van der Waals surface area contributed by atoms with E-state index >= 15 is 0 Å². The number of rotatable bonds is 0. The van der Waals surface area contributed by atoms with E-state index < -0.39 is 0 Å². The Morgan fingerprint density at radius 3 is 2.12 bits per heavy atom. The minimum Gasteiger partial charge on any atom is -0.390 e. The van der Waals surface area contributed by atoms with E-state index in [0.29, 0.717) is 29.5 Å². The van der Waals surface area contributed by atoms with E-state index in [2.05, 4.69) is 0 Å². The van der Waals surface area contributed by atoms with Crippen LogP contribution >= 0.6 is 0 Å². The first kappa shape index (κ1) is 8.68. The lowest BCUT2D eigenvalue weighted by atomic mass is 9.34. The van der Waals surface area contributed by atoms with E-state index in [1.807, 2.05) is 0 Å². The fourth-order valence-electron chi connectivity index (χ4n) is 6.61. The lowest BCUT2D eigenvalue weighted by molar-refractivity contribution is -0.243. The molecule has 16 heavy (non-hydrogen) atoms. The van der Waals surface area contributed by atoms with Crippen LogP contribution in [0.25, 0.3) is 0 Å². The van der Waals surface area contributed by atoms with E-state index in [1.54, 1.807) is 0 Å². The summed E-state index contributed by atoms with van der Waals surface area (Å²) in [5.41, 5.74) is -0.367. The van der Waals surface area contributed by atoms with Crippen molar-refractivity contribution in [1.82, 2.24) is 0 Å². The SMILES string of the molecule is O=C1C2CC3C4CC5(O)CC3C1C(C5)C4C2. The van der Waals surface area contributed by atoms with Crippen LogP contribution < -0.4 is 0 Å². The fraction of sp³-hybridized carbons (Fsp3) is 0.929. The van der Waals surface area contributed by atoms with Gasteiger partial charge in [0.05, 0.1) is 5.60 Å². The van der Waals surface area contributed by atoms with Gasteiger partial charge >= 0.3 is 0 Å². The van der Waals surface area contributed by atoms with Gasteiger partial charge in [0.1, 0.15) is 5.78 Å². The first-order valence-electron chi connectivity index (χ1n) is 6.92. The molecule has 0 aromatic carbocycles. The van der Waals surface area contributed by atoms with Gasteiger partial charge in [0, 0.05) is 11.8 Å². The van der Waals surface area contributed by atoms with E-state index in [1.165, 1.54) is 12.8 Å². The van der Waals surface area contributed by atoms with Crippen LogP contribution in [-0.4, -0.2) is 16.5 Å². The smallest absolute Gasteiger partial charge is 0.139 e. The van der Waals surface area contributed by atoms with Gasteiger partial charge in [0.15, 0.2) is 0 Å². The zero-order valence-corrected chi connectivity index (χ0v) is 9.43. The molecule has 2 heteroatoms. The Labute approximate surface area is 95.4 Å². The molecule has 7 aliphatic carbocycles. The second-order valence-corrected chi connectivity index (χ2v) is 7.25. The van der Waals surface area contributed by atoms with Gasteiger partial charge in [-0.15, -0.1) is 0 Å². The summed E-state index contributed by atoms with van der Waals surface area (Å²) in [6.45, 7) is 0. The molecule has 0 saturated heterocycles. The van der Waals surface area contributed by atoms with Crippen molar-refractivity contribution < 1.29 is 9.90 Å². The van der Waals surface area contributed by atoms with Crippen LogP contribution in [0.4, 0.5) is 0 Å². The molecule has 0 spiro atoms. The molecule has 0 aromatic heterocycles. The van der Waals surface area contributed by atoms with Gasteiger partial charge in [-0.3, -0.25) is 4.79 Å². The Kier molecular flexibility index (Phi) is 1.23. The normalized spacial score (nSPS) is 69.3. The largest absolute Gasteiger partial charge is 0.390 e. The number of ketones is 1. The van der Waals surface area contributed by atoms with Crippen molar-refractivity contribution in [2.24, 2.45) is 41.4 Å². The highest BCUT2D eigenvalue weighted by Crippen LogP contribution is 2.70. The summed E-state index contributed by atoms with van der Waals surface area (Å²) in [6, 6.07) is 0. The summed E-state index contributed by atoms with van der Waals surface area (Å²) >= 11 is 0. The Morgan fingerprint density at radius 2 is 1.50 bits per heavy atom. The van der Waals surface area contributed by atoms with Crippen molar-refractivity contribution in [3.05, 3.63) is 0 Å². The first-order chi connectivity index (χ1) is 7.66. The van der Waals surface area contributed by atoms with Crippen LogP contribution in [0.2, 0.25) is 0 Å². The lowest BCUT2D eigenvalue weighted by Crippen LogP contribution is -2.69. The molecule has 7 rings (SSSR count). The second-order valence-electron chi connectivity index (χ2n) is 7.25. The summed E-state index contributed by atoms with van der Waals surface area (Å²) < 4.78 is 0. The monoisotopic (exact) mass is 218 g/mol. The van der Waals surface area contributed by atoms with Crippen molar-refractivity contribution in [1.29, 1.82) is 0 Å². The van der Waals surface area contributed by atoms with Crippen LogP contribution in [0.15, 0.2) is 0 Å². The molecule has 4 atom stereocenters. The molecular formula is C14H18O2. The van der Waals surface area contributed by atoms with Crippen molar-refractivity contribution in [3.63, 3.8) is 0 Å². The van der Waals surface area contributed by atoms with E-state index in [9.17, 15) is 9.90 Å². The highest BCUT2D eigenvalue weighted by Gasteiger charge is 2.69. The standard InChI is InChI=1S/C14H18O2/c15-13-6-1-7-9-3-14(16)4-10(7)12(13)11(5-14)8(9)2-6/h6-12,16H,1-5H2. The maximum atomic E-state index is 12.3. The lowest BCUT2D eigenvalue weighted by Gasteiger charge is -2.70. The predicted octanol–water partition coefficient (Wildman–Crippen LogP) is 1.62. The average Bonchev–Trinajstić information content (AvgIpc) is 2.24. The van der Waals surface area contributed by atoms with Gasteiger partial charge in [-0.1, -0.05) is 0 Å². The minimum atomic E-state index is -0.367. The minimum absolute atomic E-state index is 0.367. The maximum absolute atomic E-state index is 12.3. The third kappa shape index (κ3) is 0.729. The van der Waals surface area contributed by atoms with Crippen LogP contribution in [0, 0.1) is 41.4 Å². The van der Waals surface area contributed by atoms with Crippen LogP contribution in [0.1, 0.15) is 32.1 Å².